The normalized spacial score (nSPS) is 22.3. The van der Waals surface area contributed by atoms with Crippen LogP contribution in [0.5, 0.6) is 0 Å². The van der Waals surface area contributed by atoms with Gasteiger partial charge in [0.15, 0.2) is 0 Å². The number of nitrogens with one attached hydrogen (secondary N) is 1. The number of hydrogen-bond acceptors (Lipinski definition) is 6. The van der Waals surface area contributed by atoms with Gasteiger partial charge in [-0.3, -0.25) is 4.79 Å². The van der Waals surface area contributed by atoms with E-state index < -0.39 is 0 Å². The molecule has 2 aliphatic heterocycles. The Hall–Kier alpha value is -1.73. The van der Waals surface area contributed by atoms with Crippen LogP contribution in [0, 0.1) is 0 Å². The predicted octanol–water partition coefficient (Wildman–Crippen LogP) is 0.222. The summed E-state index contributed by atoms with van der Waals surface area (Å²) in [5.41, 5.74) is 0.338. The molecule has 0 radical (unpaired) electrons. The minimum atomic E-state index is -0.202. The van der Waals surface area contributed by atoms with E-state index in [-0.39, 0.29) is 12.0 Å². The minimum absolute atomic E-state index is 0.134. The van der Waals surface area contributed by atoms with Gasteiger partial charge >= 0.3 is 0 Å². The topological polar surface area (TPSA) is 76.6 Å². The zero-order chi connectivity index (χ0) is 14.5. The number of morpholine rings is 1. The van der Waals surface area contributed by atoms with Crippen LogP contribution in [-0.2, 0) is 9.47 Å². The van der Waals surface area contributed by atoms with E-state index in [1.54, 1.807) is 6.20 Å². The summed E-state index contributed by atoms with van der Waals surface area (Å²) in [4.78, 5) is 22.6. The first-order valence-electron chi connectivity index (χ1n) is 7.37. The predicted molar refractivity (Wildman–Crippen MR) is 76.4 cm³/mol. The van der Waals surface area contributed by atoms with Gasteiger partial charge < -0.3 is 19.7 Å². The summed E-state index contributed by atoms with van der Waals surface area (Å²) < 4.78 is 10.8. The Morgan fingerprint density at radius 1 is 1.29 bits per heavy atom. The Morgan fingerprint density at radius 3 is 2.81 bits per heavy atom. The third kappa shape index (κ3) is 3.68. The van der Waals surface area contributed by atoms with Gasteiger partial charge in [-0.25, -0.2) is 9.97 Å². The molecule has 1 amide bonds. The molecule has 0 spiro atoms. The van der Waals surface area contributed by atoms with E-state index >= 15 is 0 Å². The molecule has 1 atom stereocenters. The van der Waals surface area contributed by atoms with Crippen LogP contribution < -0.4 is 10.2 Å². The number of nitrogens with zero attached hydrogens (tertiary/aromatic N) is 3. The van der Waals surface area contributed by atoms with Crippen LogP contribution in [0.3, 0.4) is 0 Å². The second-order valence-electron chi connectivity index (χ2n) is 5.20. The average Bonchev–Trinajstić information content (AvgIpc) is 3.07. The third-order valence-electron chi connectivity index (χ3n) is 3.72. The monoisotopic (exact) mass is 292 g/mol. The van der Waals surface area contributed by atoms with Crippen LogP contribution in [0.1, 0.15) is 23.3 Å². The third-order valence-corrected chi connectivity index (χ3v) is 3.72. The Morgan fingerprint density at radius 2 is 2.14 bits per heavy atom. The van der Waals surface area contributed by atoms with E-state index in [9.17, 15) is 4.79 Å². The standard InChI is InChI=1S/C14H20N4O3/c19-14(17-8-11-2-1-5-21-11)12-9-16-13(10-15-12)18-3-6-20-7-4-18/h9-11H,1-8H2,(H,17,19). The summed E-state index contributed by atoms with van der Waals surface area (Å²) in [5, 5.41) is 2.84. The van der Waals surface area contributed by atoms with E-state index in [0.29, 0.717) is 25.5 Å². The summed E-state index contributed by atoms with van der Waals surface area (Å²) in [5.74, 6) is 0.584. The largest absolute Gasteiger partial charge is 0.378 e. The first kappa shape index (κ1) is 14.2. The number of carbonyl (C=O) groups is 1. The van der Waals surface area contributed by atoms with Crippen molar-refractivity contribution in [2.75, 3.05) is 44.4 Å². The lowest BCUT2D eigenvalue weighted by molar-refractivity contribution is 0.0853. The van der Waals surface area contributed by atoms with Crippen molar-refractivity contribution in [1.82, 2.24) is 15.3 Å². The zero-order valence-electron chi connectivity index (χ0n) is 12.0. The van der Waals surface area contributed by atoms with Gasteiger partial charge in [-0.2, -0.15) is 0 Å². The van der Waals surface area contributed by atoms with Crippen LogP contribution in [-0.4, -0.2) is 61.4 Å². The molecule has 3 rings (SSSR count). The minimum Gasteiger partial charge on any atom is -0.378 e. The Labute approximate surface area is 123 Å². The maximum absolute atomic E-state index is 12.0. The summed E-state index contributed by atoms with van der Waals surface area (Å²) >= 11 is 0. The van der Waals surface area contributed by atoms with Crippen molar-refractivity contribution in [3.63, 3.8) is 0 Å². The highest BCUT2D eigenvalue weighted by atomic mass is 16.5. The number of amides is 1. The summed E-state index contributed by atoms with van der Waals surface area (Å²) in [6, 6.07) is 0. The van der Waals surface area contributed by atoms with Crippen molar-refractivity contribution < 1.29 is 14.3 Å². The smallest absolute Gasteiger partial charge is 0.271 e. The maximum atomic E-state index is 12.0. The maximum Gasteiger partial charge on any atom is 0.271 e. The summed E-state index contributed by atoms with van der Waals surface area (Å²) in [6.07, 6.45) is 5.37. The Balaban J connectivity index is 1.54. The molecular formula is C14H20N4O3. The lowest BCUT2D eigenvalue weighted by atomic mass is 10.2. The van der Waals surface area contributed by atoms with E-state index in [2.05, 4.69) is 20.2 Å². The molecule has 114 valence electrons. The molecule has 7 nitrogen and oxygen atoms in total. The fraction of sp³-hybridized carbons (Fsp3) is 0.643. The molecule has 1 aromatic rings. The number of carbonyl (C=O) groups excluding carboxylic acids is 1. The molecule has 2 aliphatic rings. The molecule has 0 saturated carbocycles. The Kier molecular flexibility index (Phi) is 4.62. The first-order chi connectivity index (χ1) is 10.3. The van der Waals surface area contributed by atoms with Crippen molar-refractivity contribution in [3.8, 4) is 0 Å². The van der Waals surface area contributed by atoms with Gasteiger partial charge in [0.2, 0.25) is 0 Å². The van der Waals surface area contributed by atoms with Crippen LogP contribution in [0.4, 0.5) is 5.82 Å². The van der Waals surface area contributed by atoms with Crippen molar-refractivity contribution in [3.05, 3.63) is 18.1 Å². The fourth-order valence-electron chi connectivity index (χ4n) is 2.50. The molecule has 2 fully saturated rings. The molecule has 0 aliphatic carbocycles. The molecule has 2 saturated heterocycles. The lowest BCUT2D eigenvalue weighted by Gasteiger charge is -2.27. The number of anilines is 1. The van der Waals surface area contributed by atoms with Crippen molar-refractivity contribution in [2.45, 2.75) is 18.9 Å². The van der Waals surface area contributed by atoms with E-state index in [1.807, 2.05) is 0 Å². The SMILES string of the molecule is O=C(NCC1CCCO1)c1cnc(N2CCOCC2)cn1. The van der Waals surface area contributed by atoms with Crippen molar-refractivity contribution >= 4 is 11.7 Å². The average molecular weight is 292 g/mol. The second kappa shape index (κ2) is 6.82. The van der Waals surface area contributed by atoms with Gasteiger partial charge in [0.1, 0.15) is 11.5 Å². The highest BCUT2D eigenvalue weighted by Gasteiger charge is 2.18. The Bertz CT molecular complexity index is 468. The highest BCUT2D eigenvalue weighted by molar-refractivity contribution is 5.92. The summed E-state index contributed by atoms with van der Waals surface area (Å²) in [7, 11) is 0. The quantitative estimate of drug-likeness (QED) is 0.855. The van der Waals surface area contributed by atoms with Gasteiger partial charge in [-0.05, 0) is 12.8 Å². The van der Waals surface area contributed by atoms with E-state index in [1.165, 1.54) is 6.20 Å². The number of hydrogen-bond donors (Lipinski definition) is 1. The molecule has 21 heavy (non-hydrogen) atoms. The van der Waals surface area contributed by atoms with Crippen LogP contribution in [0.2, 0.25) is 0 Å². The van der Waals surface area contributed by atoms with E-state index in [4.69, 9.17) is 9.47 Å². The number of aromatic nitrogens is 2. The van der Waals surface area contributed by atoms with Gasteiger partial charge in [-0.15, -0.1) is 0 Å². The summed E-state index contributed by atoms with van der Waals surface area (Å²) in [6.45, 7) is 4.33. The van der Waals surface area contributed by atoms with Gasteiger partial charge in [0.05, 0.1) is 31.7 Å². The molecule has 0 bridgehead atoms. The van der Waals surface area contributed by atoms with Crippen LogP contribution >= 0.6 is 0 Å². The number of rotatable bonds is 4. The van der Waals surface area contributed by atoms with Gasteiger partial charge in [-0.1, -0.05) is 0 Å². The van der Waals surface area contributed by atoms with Crippen LogP contribution in [0.25, 0.3) is 0 Å². The second-order valence-corrected chi connectivity index (χ2v) is 5.20. The lowest BCUT2D eigenvalue weighted by Crippen LogP contribution is -2.37. The number of ether oxygens (including phenoxy) is 2. The van der Waals surface area contributed by atoms with Gasteiger partial charge in [0.25, 0.3) is 5.91 Å². The van der Waals surface area contributed by atoms with Crippen molar-refractivity contribution in [1.29, 1.82) is 0 Å². The van der Waals surface area contributed by atoms with E-state index in [0.717, 1.165) is 38.4 Å². The van der Waals surface area contributed by atoms with Crippen LogP contribution in [0.15, 0.2) is 12.4 Å². The molecule has 1 aromatic heterocycles. The molecule has 7 heteroatoms. The fourth-order valence-corrected chi connectivity index (χ4v) is 2.50. The molecule has 1 N–H and O–H groups in total. The molecular weight excluding hydrogens is 272 g/mol. The van der Waals surface area contributed by atoms with Gasteiger partial charge in [0, 0.05) is 26.2 Å². The molecule has 0 aromatic carbocycles. The van der Waals surface area contributed by atoms with Crippen molar-refractivity contribution in [2.24, 2.45) is 0 Å². The molecule has 3 heterocycles. The zero-order valence-corrected chi connectivity index (χ0v) is 12.0. The molecule has 1 unspecified atom stereocenters. The first-order valence-corrected chi connectivity index (χ1v) is 7.37. The highest BCUT2D eigenvalue weighted by Crippen LogP contribution is 2.12.